The summed E-state index contributed by atoms with van der Waals surface area (Å²) < 4.78 is 43.2. The van der Waals surface area contributed by atoms with Crippen molar-refractivity contribution in [3.8, 4) is 5.75 Å². The highest BCUT2D eigenvalue weighted by molar-refractivity contribution is 7.92. The fourth-order valence-electron chi connectivity index (χ4n) is 2.18. The summed E-state index contributed by atoms with van der Waals surface area (Å²) in [7, 11) is 2.66. The maximum atomic E-state index is 12.6. The summed E-state index contributed by atoms with van der Waals surface area (Å²) >= 11 is 0. The Hall–Kier alpha value is -2.87. The predicted octanol–water partition coefficient (Wildman–Crippen LogP) is 8.67. The van der Waals surface area contributed by atoms with Gasteiger partial charge in [0, 0.05) is 53.4 Å². The number of nitrogens with zero attached hydrogens (tertiary/aromatic N) is 1. The molecule has 0 amide bonds. The van der Waals surface area contributed by atoms with E-state index in [4.69, 9.17) is 9.84 Å². The van der Waals surface area contributed by atoms with E-state index < -0.39 is 20.0 Å². The van der Waals surface area contributed by atoms with Crippen molar-refractivity contribution in [2.24, 2.45) is 27.1 Å². The number of aliphatic hydroxyl groups is 1. The van der Waals surface area contributed by atoms with Crippen molar-refractivity contribution in [2.75, 3.05) is 53.8 Å². The van der Waals surface area contributed by atoms with Gasteiger partial charge in [-0.05, 0) is 66.1 Å². The molecule has 0 aliphatic rings. The number of Topliss-reactive ketones (excluding diaryl/α,β-unsaturated/α-hetero) is 5. The van der Waals surface area contributed by atoms with Gasteiger partial charge < -0.3 is 19.5 Å². The van der Waals surface area contributed by atoms with Gasteiger partial charge in [0.2, 0.25) is 0 Å². The fraction of sp³-hybridized carbons (Fsp3) is 0.756. The van der Waals surface area contributed by atoms with Gasteiger partial charge in [-0.1, -0.05) is 104 Å². The molecule has 1 aromatic rings. The maximum absolute atomic E-state index is 12.6. The molecule has 0 spiro atoms. The van der Waals surface area contributed by atoms with Gasteiger partial charge in [-0.3, -0.25) is 24.0 Å². The first-order valence-electron chi connectivity index (χ1n) is 19.4. The summed E-state index contributed by atoms with van der Waals surface area (Å²) in [6.45, 7) is 35.6. The van der Waals surface area contributed by atoms with Crippen LogP contribution >= 0.6 is 0 Å². The van der Waals surface area contributed by atoms with E-state index in [9.17, 15) is 36.8 Å². The maximum Gasteiger partial charge on any atom is 0.175 e. The second kappa shape index (κ2) is 27.8. The minimum atomic E-state index is -2.84. The minimum Gasteiger partial charge on any atom is -0.486 e. The van der Waals surface area contributed by atoms with Crippen molar-refractivity contribution in [3.63, 3.8) is 0 Å². The number of halogens is 1. The number of ether oxygens (including phenoxy) is 2. The molecular formula is C45H84FNO10S. The Bertz CT molecular complexity index is 1460. The molecule has 0 saturated carbocycles. The van der Waals surface area contributed by atoms with Gasteiger partial charge in [0.15, 0.2) is 27.2 Å². The van der Waals surface area contributed by atoms with Crippen molar-refractivity contribution in [1.82, 2.24) is 4.90 Å². The van der Waals surface area contributed by atoms with E-state index in [-0.39, 0.29) is 70.4 Å². The van der Waals surface area contributed by atoms with Crippen LogP contribution in [0.1, 0.15) is 138 Å². The monoisotopic (exact) mass is 850 g/mol. The van der Waals surface area contributed by atoms with E-state index >= 15 is 0 Å². The number of hydrogen-bond acceptors (Lipinski definition) is 11. The number of benzene rings is 1. The molecule has 1 N–H and O–H groups in total. The SMILES string of the molecule is CC(=O)C(C)(C)C.CC(C)(C)C(=O)CO.CC(C)(C)C(=O)COc1ccc(F)cc1.CC(C)(C)S(C)(=O)=O.CN(C)CCC(=O)C(C)(C)C.COCC(=O)C(C)(C)C. The normalized spacial score (nSPS) is 11.9. The average Bonchev–Trinajstić information content (AvgIpc) is 3.01. The van der Waals surface area contributed by atoms with Crippen LogP contribution in [0.3, 0.4) is 0 Å². The molecule has 0 fully saturated rings. The molecule has 0 radical (unpaired) electrons. The highest BCUT2D eigenvalue weighted by Crippen LogP contribution is 2.18. The summed E-state index contributed by atoms with van der Waals surface area (Å²) in [5.41, 5.74) is -1.35. The van der Waals surface area contributed by atoms with Crippen LogP contribution in [0.2, 0.25) is 0 Å². The molecule has 11 nitrogen and oxygen atoms in total. The largest absolute Gasteiger partial charge is 0.486 e. The molecule has 0 bridgehead atoms. The number of sulfone groups is 1. The van der Waals surface area contributed by atoms with Crippen molar-refractivity contribution in [1.29, 1.82) is 0 Å². The molecule has 0 aliphatic carbocycles. The summed E-state index contributed by atoms with van der Waals surface area (Å²) in [6.07, 6.45) is 1.91. The zero-order chi connectivity index (χ0) is 47.9. The number of methoxy groups -OCH3 is 1. The molecule has 0 unspecified atom stereocenters. The molecule has 1 aromatic carbocycles. The lowest BCUT2D eigenvalue weighted by Crippen LogP contribution is -2.26. The smallest absolute Gasteiger partial charge is 0.175 e. The fourth-order valence-corrected chi connectivity index (χ4v) is 2.18. The van der Waals surface area contributed by atoms with Crippen molar-refractivity contribution >= 4 is 38.8 Å². The van der Waals surface area contributed by atoms with Gasteiger partial charge in [0.25, 0.3) is 0 Å². The minimum absolute atomic E-state index is 0.0202. The van der Waals surface area contributed by atoms with E-state index in [2.05, 4.69) is 4.74 Å². The Labute approximate surface area is 353 Å². The number of carbonyl (C=O) groups excluding carboxylic acids is 5. The second-order valence-corrected chi connectivity index (χ2v) is 23.0. The van der Waals surface area contributed by atoms with E-state index in [0.717, 1.165) is 6.54 Å². The number of rotatable bonds is 9. The van der Waals surface area contributed by atoms with Crippen LogP contribution in [-0.2, 0) is 38.5 Å². The summed E-state index contributed by atoms with van der Waals surface area (Å²) in [5, 5.41) is 8.32. The van der Waals surface area contributed by atoms with E-state index in [1.165, 1.54) is 37.6 Å². The molecule has 58 heavy (non-hydrogen) atoms. The first-order valence-corrected chi connectivity index (χ1v) is 21.2. The van der Waals surface area contributed by atoms with Gasteiger partial charge in [-0.2, -0.15) is 0 Å². The molecule has 0 aliphatic heterocycles. The lowest BCUT2D eigenvalue weighted by Gasteiger charge is -2.17. The van der Waals surface area contributed by atoms with Crippen molar-refractivity contribution < 1.29 is 51.4 Å². The first kappa shape index (κ1) is 64.3. The lowest BCUT2D eigenvalue weighted by atomic mass is 9.89. The zero-order valence-electron chi connectivity index (χ0n) is 40.7. The Morgan fingerprint density at radius 3 is 1.12 bits per heavy atom. The molecule has 0 saturated heterocycles. The second-order valence-electron chi connectivity index (χ2n) is 20.3. The van der Waals surface area contributed by atoms with Crippen LogP contribution in [-0.4, -0.2) is 106 Å². The number of ketones is 5. The van der Waals surface area contributed by atoms with E-state index in [0.29, 0.717) is 18.0 Å². The third-order valence-corrected chi connectivity index (χ3v) is 10.1. The van der Waals surface area contributed by atoms with Crippen LogP contribution < -0.4 is 4.74 Å². The quantitative estimate of drug-likeness (QED) is 0.253. The highest BCUT2D eigenvalue weighted by Gasteiger charge is 2.24. The van der Waals surface area contributed by atoms with Crippen LogP contribution in [0.4, 0.5) is 4.39 Å². The average molecular weight is 850 g/mol. The first-order chi connectivity index (χ1) is 25.4. The number of aliphatic hydroxyl groups excluding tert-OH is 1. The Kier molecular flexibility index (Phi) is 30.8. The van der Waals surface area contributed by atoms with E-state index in [1.54, 1.807) is 48.5 Å². The van der Waals surface area contributed by atoms with Crippen molar-refractivity contribution in [3.05, 3.63) is 30.1 Å². The third-order valence-electron chi connectivity index (χ3n) is 7.90. The number of hydrogen-bond donors (Lipinski definition) is 1. The summed E-state index contributed by atoms with van der Waals surface area (Å²) in [6, 6.07) is 5.62. The standard InChI is InChI=1S/C12H15FO2.C9H19NO.C7H14O2.C6H12O2.C6H12O.C5H12O2S/c1-12(2,3)11(14)8-15-10-6-4-9(13)5-7-10;1-9(2,3)8(11)6-7-10(4)5;1-7(2,3)6(8)5-9-4;1-6(2,3)5(8)4-7;1-5(7)6(2,3)4;1-5(2,3)8(4,6)7/h4-7H,8H2,1-3H3;6-7H2,1-5H3;5H2,1-4H3;7H,4H2,1-3H3;1-4H3;1-4H3. The molecular weight excluding hydrogens is 766 g/mol. The van der Waals surface area contributed by atoms with Crippen LogP contribution in [0.25, 0.3) is 0 Å². The Balaban J connectivity index is -0.000000198. The summed E-state index contributed by atoms with van der Waals surface area (Å²) in [5.74, 6) is 0.825. The summed E-state index contributed by atoms with van der Waals surface area (Å²) in [4.78, 5) is 56.9. The Morgan fingerprint density at radius 1 is 0.621 bits per heavy atom. The molecule has 342 valence electrons. The molecule has 0 heterocycles. The van der Waals surface area contributed by atoms with Crippen LogP contribution in [0, 0.1) is 32.9 Å². The third kappa shape index (κ3) is 38.6. The Morgan fingerprint density at radius 2 is 0.931 bits per heavy atom. The molecule has 1 rings (SSSR count). The van der Waals surface area contributed by atoms with Gasteiger partial charge in [0.05, 0.1) is 4.75 Å². The van der Waals surface area contributed by atoms with Gasteiger partial charge in [-0.25, -0.2) is 12.8 Å². The van der Waals surface area contributed by atoms with Gasteiger partial charge in [0.1, 0.15) is 43.0 Å². The molecule has 13 heteroatoms. The number of carbonyl (C=O) groups is 5. The van der Waals surface area contributed by atoms with Gasteiger partial charge in [-0.15, -0.1) is 0 Å². The lowest BCUT2D eigenvalue weighted by molar-refractivity contribution is -0.130. The predicted molar refractivity (Wildman–Crippen MR) is 237 cm³/mol. The van der Waals surface area contributed by atoms with Crippen LogP contribution in [0.5, 0.6) is 5.75 Å². The zero-order valence-corrected chi connectivity index (χ0v) is 41.5. The highest BCUT2D eigenvalue weighted by atomic mass is 32.2. The topological polar surface area (TPSA) is 161 Å². The van der Waals surface area contributed by atoms with Crippen LogP contribution in [0.15, 0.2) is 24.3 Å². The van der Waals surface area contributed by atoms with Crippen molar-refractivity contribution in [2.45, 2.75) is 143 Å². The molecule has 0 atom stereocenters. The van der Waals surface area contributed by atoms with Gasteiger partial charge >= 0.3 is 0 Å². The molecule has 0 aromatic heterocycles. The van der Waals surface area contributed by atoms with E-state index in [1.807, 2.05) is 102 Å².